The molecule has 0 aromatic heterocycles. The minimum absolute atomic E-state index is 0.0533. The number of aliphatic hydroxyl groups excluding tert-OH is 1. The van der Waals surface area contributed by atoms with E-state index >= 15 is 0 Å². The lowest BCUT2D eigenvalue weighted by Crippen LogP contribution is -2.68. The molecule has 390 valence electrons. The second-order valence-electron chi connectivity index (χ2n) is 18.0. The van der Waals surface area contributed by atoms with Gasteiger partial charge < -0.3 is 52.5 Å². The number of esters is 4. The van der Waals surface area contributed by atoms with Crippen molar-refractivity contribution in [1.29, 1.82) is 0 Å². The van der Waals surface area contributed by atoms with Crippen molar-refractivity contribution in [3.63, 3.8) is 0 Å². The second kappa shape index (κ2) is 26.1. The zero-order chi connectivity index (χ0) is 52.5. The quantitative estimate of drug-likeness (QED) is 0.0533. The largest absolute Gasteiger partial charge is 0.456 e. The Hall–Kier alpha value is -7.86. The third-order valence-electron chi connectivity index (χ3n) is 12.7. The molecule has 76 heavy (non-hydrogen) atoms. The number of hydrogen-bond donors (Lipinski definition) is 1. The van der Waals surface area contributed by atoms with E-state index < -0.39 is 98.5 Å². The van der Waals surface area contributed by atoms with E-state index in [0.717, 1.165) is 16.7 Å². The minimum Gasteiger partial charge on any atom is -0.456 e. The second-order valence-corrected chi connectivity index (χ2v) is 18.0. The van der Waals surface area contributed by atoms with Gasteiger partial charge in [0, 0.05) is 0 Å². The van der Waals surface area contributed by atoms with E-state index in [9.17, 15) is 24.3 Å². The van der Waals surface area contributed by atoms with E-state index in [1.807, 2.05) is 91.0 Å². The molecule has 7 aromatic rings. The number of carbonyl (C=O) groups excluding carboxylic acids is 4. The molecule has 9 rings (SSSR count). The van der Waals surface area contributed by atoms with Crippen molar-refractivity contribution in [2.24, 2.45) is 0 Å². The maximum Gasteiger partial charge on any atom is 0.338 e. The van der Waals surface area contributed by atoms with E-state index in [2.05, 4.69) is 0 Å². The highest BCUT2D eigenvalue weighted by Gasteiger charge is 2.60. The predicted octanol–water partition coefficient (Wildman–Crippen LogP) is 8.74. The van der Waals surface area contributed by atoms with E-state index in [0.29, 0.717) is 0 Å². The van der Waals surface area contributed by atoms with Gasteiger partial charge in [-0.2, -0.15) is 0 Å². The van der Waals surface area contributed by atoms with E-state index in [1.54, 1.807) is 97.1 Å². The Kier molecular flexibility index (Phi) is 18.2. The summed E-state index contributed by atoms with van der Waals surface area (Å²) in [7, 11) is 0. The van der Waals surface area contributed by atoms with Crippen molar-refractivity contribution in [3.8, 4) is 0 Å². The number of hydrogen-bond acceptors (Lipinski definition) is 15. The van der Waals surface area contributed by atoms with Crippen molar-refractivity contribution in [1.82, 2.24) is 0 Å². The van der Waals surface area contributed by atoms with Gasteiger partial charge >= 0.3 is 23.9 Å². The maximum absolute atomic E-state index is 14.5. The van der Waals surface area contributed by atoms with Gasteiger partial charge in [-0.05, 0) is 65.2 Å². The van der Waals surface area contributed by atoms with Crippen LogP contribution in [0.1, 0.15) is 58.1 Å². The van der Waals surface area contributed by atoms with E-state index in [1.165, 1.54) is 24.3 Å². The smallest absolute Gasteiger partial charge is 0.338 e. The fourth-order valence-electron chi connectivity index (χ4n) is 8.78. The van der Waals surface area contributed by atoms with Crippen LogP contribution in [0.5, 0.6) is 0 Å². The lowest BCUT2D eigenvalue weighted by Gasteiger charge is -2.49. The molecule has 0 saturated carbocycles. The van der Waals surface area contributed by atoms with Gasteiger partial charge in [0.25, 0.3) is 0 Å². The van der Waals surface area contributed by atoms with Gasteiger partial charge in [0.1, 0.15) is 31.0 Å². The molecule has 2 heterocycles. The Morgan fingerprint density at radius 2 is 0.829 bits per heavy atom. The average molecular weight is 1030 g/mol. The Morgan fingerprint density at radius 3 is 1.29 bits per heavy atom. The zero-order valence-corrected chi connectivity index (χ0v) is 41.2. The number of rotatable bonds is 21. The molecule has 9 atom stereocenters. The molecular weight excluding hydrogens is 973 g/mol. The molecule has 2 aliphatic heterocycles. The number of benzene rings is 7. The molecule has 15 nitrogen and oxygen atoms in total. The summed E-state index contributed by atoms with van der Waals surface area (Å²) < 4.78 is 64.6. The standard InChI is InChI=1S/C61H56O15/c62-56(45-28-14-4-15-29-45)70-41-61(55(76-59(65)48-34-20-7-21-35-48)52(75-58(64)47-32-18-6-19-33-47)50(40-72-61)73-57(63)46-30-16-5-17-31-46)71-39-49-51(67-36-42-22-8-1-9-23-42)53(68-37-43-24-10-2-11-25-43)54(60(66)74-49)69-38-44-26-12-3-13-27-44/h1-35,49-55,60,66H,36-41H2/t49-,50-,51-,52-,53+,54-,55+,60+,61-/m1/s1. The molecule has 2 saturated heterocycles. The molecule has 0 aliphatic carbocycles. The summed E-state index contributed by atoms with van der Waals surface area (Å²) in [5.41, 5.74) is 3.01. The molecule has 7 aromatic carbocycles. The molecular formula is C61H56O15. The average Bonchev–Trinajstić information content (AvgIpc) is 3.48. The van der Waals surface area contributed by atoms with Gasteiger partial charge in [-0.15, -0.1) is 0 Å². The molecule has 0 unspecified atom stereocenters. The highest BCUT2D eigenvalue weighted by atomic mass is 16.8. The van der Waals surface area contributed by atoms with Gasteiger partial charge in [0.2, 0.25) is 5.79 Å². The van der Waals surface area contributed by atoms with Crippen LogP contribution in [-0.2, 0) is 67.2 Å². The summed E-state index contributed by atoms with van der Waals surface area (Å²) in [6, 6.07) is 60.6. The summed E-state index contributed by atoms with van der Waals surface area (Å²) in [5, 5.41) is 12.0. The molecule has 2 aliphatic rings. The van der Waals surface area contributed by atoms with Crippen molar-refractivity contribution in [2.75, 3.05) is 19.8 Å². The zero-order valence-electron chi connectivity index (χ0n) is 41.2. The van der Waals surface area contributed by atoms with Crippen molar-refractivity contribution in [3.05, 3.63) is 251 Å². The van der Waals surface area contributed by atoms with Crippen LogP contribution in [0.3, 0.4) is 0 Å². The first kappa shape index (κ1) is 53.0. The Bertz CT molecular complexity index is 2920. The van der Waals surface area contributed by atoms with Crippen LogP contribution < -0.4 is 0 Å². The highest BCUT2D eigenvalue weighted by molar-refractivity contribution is 5.91. The van der Waals surface area contributed by atoms with Crippen molar-refractivity contribution < 1.29 is 71.7 Å². The van der Waals surface area contributed by atoms with Crippen molar-refractivity contribution in [2.45, 2.75) is 74.6 Å². The fourth-order valence-corrected chi connectivity index (χ4v) is 8.78. The number of aliphatic hydroxyl groups is 1. The molecule has 0 radical (unpaired) electrons. The van der Waals surface area contributed by atoms with Crippen LogP contribution in [0.15, 0.2) is 212 Å². The molecule has 0 bridgehead atoms. The third kappa shape index (κ3) is 13.7. The van der Waals surface area contributed by atoms with Crippen LogP contribution in [0.25, 0.3) is 0 Å². The summed E-state index contributed by atoms with van der Waals surface area (Å²) in [6.07, 6.45) is -11.1. The fraction of sp³-hybridized carbons (Fsp3) is 0.246. The predicted molar refractivity (Wildman–Crippen MR) is 274 cm³/mol. The summed E-state index contributed by atoms with van der Waals surface area (Å²) in [6.45, 7) is -1.66. The Balaban J connectivity index is 1.12. The topological polar surface area (TPSA) is 181 Å². The minimum atomic E-state index is -2.38. The van der Waals surface area contributed by atoms with Crippen LogP contribution in [0.2, 0.25) is 0 Å². The van der Waals surface area contributed by atoms with Gasteiger partial charge in [0.05, 0.1) is 55.3 Å². The first-order chi connectivity index (χ1) is 37.2. The molecule has 1 N–H and O–H groups in total. The van der Waals surface area contributed by atoms with Gasteiger partial charge in [-0.1, -0.05) is 164 Å². The first-order valence-corrected chi connectivity index (χ1v) is 24.8. The Labute approximate surface area is 439 Å². The lowest BCUT2D eigenvalue weighted by molar-refractivity contribution is -0.366. The van der Waals surface area contributed by atoms with E-state index in [-0.39, 0.29) is 42.1 Å². The maximum atomic E-state index is 14.5. The number of carbonyl (C=O) groups is 4. The summed E-state index contributed by atoms with van der Waals surface area (Å²) in [5.74, 6) is -5.80. The normalized spacial score (nSPS) is 23.1. The van der Waals surface area contributed by atoms with Gasteiger partial charge in [-0.25, -0.2) is 19.2 Å². The van der Waals surface area contributed by atoms with Crippen LogP contribution in [0.4, 0.5) is 0 Å². The SMILES string of the molecule is O=C(OC[C@@]1(OC[C@H]2O[C@H](O)[C@H](OCc3ccccc3)[C@@H](OCc3ccccc3)[C@@H]2OCc2ccccc2)OC[C@@H](OC(=O)c2ccccc2)[C@@H](OC(=O)c2ccccc2)[C@@H]1OC(=O)c1ccccc1)c1ccccc1. The third-order valence-corrected chi connectivity index (χ3v) is 12.7. The summed E-state index contributed by atoms with van der Waals surface area (Å²) >= 11 is 0. The van der Waals surface area contributed by atoms with E-state index in [4.69, 9.17) is 47.4 Å². The Morgan fingerprint density at radius 1 is 0.447 bits per heavy atom. The molecule has 2 fully saturated rings. The van der Waals surface area contributed by atoms with Crippen LogP contribution in [-0.4, -0.2) is 104 Å². The van der Waals surface area contributed by atoms with Crippen molar-refractivity contribution >= 4 is 23.9 Å². The monoisotopic (exact) mass is 1030 g/mol. The number of ether oxygens (including phenoxy) is 10. The van der Waals surface area contributed by atoms with Crippen LogP contribution >= 0.6 is 0 Å². The molecule has 15 heteroatoms. The van der Waals surface area contributed by atoms with Crippen LogP contribution in [0, 0.1) is 0 Å². The highest BCUT2D eigenvalue weighted by Crippen LogP contribution is 2.38. The molecule has 0 spiro atoms. The molecule has 0 amide bonds. The first-order valence-electron chi connectivity index (χ1n) is 24.8. The van der Waals surface area contributed by atoms with Gasteiger partial charge in [0.15, 0.2) is 24.6 Å². The van der Waals surface area contributed by atoms with Gasteiger partial charge in [-0.3, -0.25) is 0 Å². The lowest BCUT2D eigenvalue weighted by atomic mass is 9.95. The summed E-state index contributed by atoms with van der Waals surface area (Å²) in [4.78, 5) is 56.6.